The van der Waals surface area contributed by atoms with Crippen LogP contribution in [0.3, 0.4) is 0 Å². The van der Waals surface area contributed by atoms with E-state index in [9.17, 15) is 9.59 Å². The molecule has 1 saturated heterocycles. The molecule has 0 saturated carbocycles. The number of carbonyl (C=O) groups is 2. The summed E-state index contributed by atoms with van der Waals surface area (Å²) in [6.07, 6.45) is 3.28. The Kier molecular flexibility index (Phi) is 5.60. The molecule has 0 aromatic carbocycles. The van der Waals surface area contributed by atoms with Gasteiger partial charge in [-0.2, -0.15) is 0 Å². The summed E-state index contributed by atoms with van der Waals surface area (Å²) in [5, 5.41) is 11.6. The Labute approximate surface area is 114 Å². The lowest BCUT2D eigenvalue weighted by Crippen LogP contribution is -2.46. The van der Waals surface area contributed by atoms with E-state index in [4.69, 9.17) is 9.84 Å². The number of carboxylic acids is 1. The van der Waals surface area contributed by atoms with Gasteiger partial charge in [-0.25, -0.2) is 4.79 Å². The van der Waals surface area contributed by atoms with Crippen molar-refractivity contribution in [2.24, 2.45) is 5.41 Å². The van der Waals surface area contributed by atoms with Gasteiger partial charge in [0.1, 0.15) is 0 Å². The Morgan fingerprint density at radius 3 is 2.63 bits per heavy atom. The maximum absolute atomic E-state index is 11.9. The molecule has 0 radical (unpaired) electrons. The summed E-state index contributed by atoms with van der Waals surface area (Å²) in [5.41, 5.74) is -0.960. The first-order valence-corrected chi connectivity index (χ1v) is 6.67. The highest BCUT2D eigenvalue weighted by molar-refractivity contribution is 5.77. The number of nitrogens with zero attached hydrogens (tertiary/aromatic N) is 1. The number of amides is 2. The number of hydrogen-bond donors (Lipinski definition) is 2. The monoisotopic (exact) mass is 272 g/mol. The molecule has 1 atom stereocenters. The number of likely N-dealkylation sites (N-methyl/N-ethyl adjacent to an activating group) is 1. The van der Waals surface area contributed by atoms with E-state index in [2.05, 4.69) is 5.32 Å². The van der Waals surface area contributed by atoms with Crippen LogP contribution in [0.5, 0.6) is 0 Å². The van der Waals surface area contributed by atoms with Crippen LogP contribution < -0.4 is 5.32 Å². The standard InChI is InChI=1S/C13H24N2O4/c1-13(2,11(16)17)9-14-12(18)15(3)8-10-6-4-5-7-19-10/h10H,4-9H2,1-3H3,(H,14,18)(H,16,17). The zero-order valence-corrected chi connectivity index (χ0v) is 11.9. The highest BCUT2D eigenvalue weighted by atomic mass is 16.5. The van der Waals surface area contributed by atoms with Gasteiger partial charge in [0.05, 0.1) is 11.5 Å². The van der Waals surface area contributed by atoms with E-state index in [1.54, 1.807) is 25.8 Å². The summed E-state index contributed by atoms with van der Waals surface area (Å²) in [4.78, 5) is 24.3. The Balaban J connectivity index is 2.34. The van der Waals surface area contributed by atoms with Crippen LogP contribution in [-0.4, -0.2) is 54.9 Å². The van der Waals surface area contributed by atoms with Crippen LogP contribution in [-0.2, 0) is 9.53 Å². The second-order valence-electron chi connectivity index (χ2n) is 5.72. The third-order valence-corrected chi connectivity index (χ3v) is 3.36. The molecule has 6 heteroatoms. The maximum Gasteiger partial charge on any atom is 0.317 e. The number of urea groups is 1. The van der Waals surface area contributed by atoms with Gasteiger partial charge < -0.3 is 20.1 Å². The Hall–Kier alpha value is -1.30. The van der Waals surface area contributed by atoms with Crippen LogP contribution in [0.25, 0.3) is 0 Å². The highest BCUT2D eigenvalue weighted by Gasteiger charge is 2.28. The van der Waals surface area contributed by atoms with Crippen LogP contribution in [0, 0.1) is 5.41 Å². The van der Waals surface area contributed by atoms with Crippen molar-refractivity contribution < 1.29 is 19.4 Å². The van der Waals surface area contributed by atoms with Crippen molar-refractivity contribution in [3.05, 3.63) is 0 Å². The first kappa shape index (κ1) is 15.8. The van der Waals surface area contributed by atoms with E-state index < -0.39 is 11.4 Å². The molecule has 1 aliphatic rings. The normalized spacial score (nSPS) is 19.8. The minimum atomic E-state index is -0.960. The fraction of sp³-hybridized carbons (Fsp3) is 0.846. The van der Waals surface area contributed by atoms with Crippen LogP contribution in [0.1, 0.15) is 33.1 Å². The fourth-order valence-corrected chi connectivity index (χ4v) is 1.85. The zero-order chi connectivity index (χ0) is 14.5. The smallest absolute Gasteiger partial charge is 0.317 e. The number of hydrogen-bond acceptors (Lipinski definition) is 3. The third-order valence-electron chi connectivity index (χ3n) is 3.36. The van der Waals surface area contributed by atoms with E-state index in [0.29, 0.717) is 6.54 Å². The third kappa shape index (κ3) is 5.06. The Morgan fingerprint density at radius 1 is 1.42 bits per heavy atom. The van der Waals surface area contributed by atoms with E-state index in [1.165, 1.54) is 0 Å². The van der Waals surface area contributed by atoms with E-state index in [0.717, 1.165) is 25.9 Å². The molecule has 0 aromatic rings. The zero-order valence-electron chi connectivity index (χ0n) is 11.9. The molecule has 0 spiro atoms. The molecule has 1 fully saturated rings. The highest BCUT2D eigenvalue weighted by Crippen LogP contribution is 2.15. The molecule has 1 rings (SSSR count). The number of rotatable bonds is 5. The Morgan fingerprint density at radius 2 is 2.11 bits per heavy atom. The molecule has 6 nitrogen and oxygen atoms in total. The molecule has 19 heavy (non-hydrogen) atoms. The van der Waals surface area contributed by atoms with Gasteiger partial charge in [-0.3, -0.25) is 4.79 Å². The summed E-state index contributed by atoms with van der Waals surface area (Å²) in [5.74, 6) is -0.925. The van der Waals surface area contributed by atoms with Gasteiger partial charge in [0, 0.05) is 26.7 Å². The lowest BCUT2D eigenvalue weighted by Gasteiger charge is -2.28. The molecule has 1 heterocycles. The molecule has 0 aliphatic carbocycles. The number of nitrogens with one attached hydrogen (secondary N) is 1. The largest absolute Gasteiger partial charge is 0.481 e. The van der Waals surface area contributed by atoms with Gasteiger partial charge in [0.2, 0.25) is 0 Å². The first-order chi connectivity index (χ1) is 8.83. The number of aliphatic carboxylic acids is 1. The molecule has 1 aliphatic heterocycles. The quantitative estimate of drug-likeness (QED) is 0.791. The van der Waals surface area contributed by atoms with Crippen molar-refractivity contribution in [2.45, 2.75) is 39.2 Å². The van der Waals surface area contributed by atoms with E-state index in [-0.39, 0.29) is 18.7 Å². The summed E-state index contributed by atoms with van der Waals surface area (Å²) in [6, 6.07) is -0.261. The second-order valence-corrected chi connectivity index (χ2v) is 5.72. The van der Waals surface area contributed by atoms with Gasteiger partial charge in [0.25, 0.3) is 0 Å². The minimum absolute atomic E-state index is 0.0944. The lowest BCUT2D eigenvalue weighted by atomic mass is 9.94. The topological polar surface area (TPSA) is 78.9 Å². The lowest BCUT2D eigenvalue weighted by molar-refractivity contribution is -0.146. The molecule has 0 aromatic heterocycles. The second kappa shape index (κ2) is 6.75. The van der Waals surface area contributed by atoms with Crippen molar-refractivity contribution in [1.82, 2.24) is 10.2 Å². The molecule has 110 valence electrons. The minimum Gasteiger partial charge on any atom is -0.481 e. The van der Waals surface area contributed by atoms with E-state index in [1.807, 2.05) is 0 Å². The molecule has 0 bridgehead atoms. The Bertz CT molecular complexity index is 325. The van der Waals surface area contributed by atoms with Crippen molar-refractivity contribution in [2.75, 3.05) is 26.7 Å². The summed E-state index contributed by atoms with van der Waals surface area (Å²) in [6.45, 7) is 4.57. The molecular formula is C13H24N2O4. The van der Waals surface area contributed by atoms with Gasteiger partial charge in [-0.15, -0.1) is 0 Å². The average Bonchev–Trinajstić information content (AvgIpc) is 2.37. The van der Waals surface area contributed by atoms with Crippen LogP contribution >= 0.6 is 0 Å². The molecule has 2 N–H and O–H groups in total. The predicted molar refractivity (Wildman–Crippen MR) is 71.0 cm³/mol. The van der Waals surface area contributed by atoms with Gasteiger partial charge in [0.15, 0.2) is 0 Å². The molecule has 2 amide bonds. The first-order valence-electron chi connectivity index (χ1n) is 6.67. The van der Waals surface area contributed by atoms with Crippen molar-refractivity contribution in [1.29, 1.82) is 0 Å². The van der Waals surface area contributed by atoms with Crippen molar-refractivity contribution >= 4 is 12.0 Å². The number of carboxylic acid groups (broad SMARTS) is 1. The van der Waals surface area contributed by atoms with Gasteiger partial charge in [-0.1, -0.05) is 0 Å². The molecule has 1 unspecified atom stereocenters. The van der Waals surface area contributed by atoms with Crippen molar-refractivity contribution in [3.8, 4) is 0 Å². The van der Waals surface area contributed by atoms with Crippen LogP contribution in [0.15, 0.2) is 0 Å². The SMILES string of the molecule is CN(CC1CCCCO1)C(=O)NCC(C)(C)C(=O)O. The number of ether oxygens (including phenoxy) is 1. The molecular weight excluding hydrogens is 248 g/mol. The summed E-state index contributed by atoms with van der Waals surface area (Å²) >= 11 is 0. The van der Waals surface area contributed by atoms with Gasteiger partial charge >= 0.3 is 12.0 Å². The maximum atomic E-state index is 11.9. The van der Waals surface area contributed by atoms with Gasteiger partial charge in [-0.05, 0) is 33.1 Å². The summed E-state index contributed by atoms with van der Waals surface area (Å²) in [7, 11) is 1.70. The van der Waals surface area contributed by atoms with Crippen LogP contribution in [0.2, 0.25) is 0 Å². The summed E-state index contributed by atoms with van der Waals surface area (Å²) < 4.78 is 5.57. The van der Waals surface area contributed by atoms with Crippen molar-refractivity contribution in [3.63, 3.8) is 0 Å². The predicted octanol–water partition coefficient (Wildman–Crippen LogP) is 1.31. The van der Waals surface area contributed by atoms with Crippen LogP contribution in [0.4, 0.5) is 4.79 Å². The number of carbonyl (C=O) groups excluding carboxylic acids is 1. The van der Waals surface area contributed by atoms with E-state index >= 15 is 0 Å². The fourth-order valence-electron chi connectivity index (χ4n) is 1.85. The average molecular weight is 272 g/mol.